The van der Waals surface area contributed by atoms with Gasteiger partial charge in [-0.2, -0.15) is 0 Å². The zero-order chi connectivity index (χ0) is 12.8. The van der Waals surface area contributed by atoms with Crippen LogP contribution < -0.4 is 5.32 Å². The molecule has 1 heterocycles. The number of hydrogen-bond donors (Lipinski definition) is 1. The van der Waals surface area contributed by atoms with Crippen LogP contribution >= 0.6 is 0 Å². The Morgan fingerprint density at radius 2 is 2.06 bits per heavy atom. The van der Waals surface area contributed by atoms with E-state index in [0.717, 1.165) is 43.1 Å². The molecule has 0 radical (unpaired) electrons. The lowest BCUT2D eigenvalue weighted by Crippen LogP contribution is -2.16. The topological polar surface area (TPSA) is 38.1 Å². The number of rotatable bonds is 6. The lowest BCUT2D eigenvalue weighted by molar-refractivity contribution is 0.497. The van der Waals surface area contributed by atoms with Crippen LogP contribution in [-0.2, 0) is 12.8 Å². The van der Waals surface area contributed by atoms with Gasteiger partial charge >= 0.3 is 0 Å². The van der Waals surface area contributed by atoms with Crippen molar-refractivity contribution in [1.82, 2.24) is 10.3 Å². The first kappa shape index (κ1) is 12.8. The first-order valence-corrected chi connectivity index (χ1v) is 6.58. The van der Waals surface area contributed by atoms with Crippen molar-refractivity contribution in [2.75, 3.05) is 13.1 Å². The van der Waals surface area contributed by atoms with Crippen LogP contribution in [0.25, 0.3) is 11.3 Å². The summed E-state index contributed by atoms with van der Waals surface area (Å²) in [5, 5.41) is 3.27. The fourth-order valence-corrected chi connectivity index (χ4v) is 1.99. The first-order valence-electron chi connectivity index (χ1n) is 6.58. The van der Waals surface area contributed by atoms with E-state index in [2.05, 4.69) is 42.3 Å². The van der Waals surface area contributed by atoms with Gasteiger partial charge in [-0.15, -0.1) is 0 Å². The predicted octanol–water partition coefficient (Wildman–Crippen LogP) is 3.06. The summed E-state index contributed by atoms with van der Waals surface area (Å²) in [4.78, 5) is 4.33. The van der Waals surface area contributed by atoms with Crippen molar-refractivity contribution in [3.8, 4) is 11.3 Å². The average molecular weight is 244 g/mol. The fraction of sp³-hybridized carbons (Fsp3) is 0.400. The molecule has 18 heavy (non-hydrogen) atoms. The van der Waals surface area contributed by atoms with Crippen LogP contribution in [0.2, 0.25) is 0 Å². The molecule has 2 aromatic rings. The second kappa shape index (κ2) is 6.36. The first-order chi connectivity index (χ1) is 8.85. The van der Waals surface area contributed by atoms with Crippen LogP contribution in [0, 0.1) is 0 Å². The van der Waals surface area contributed by atoms with E-state index in [4.69, 9.17) is 4.42 Å². The molecule has 0 saturated heterocycles. The number of nitrogens with one attached hydrogen (secondary N) is 1. The normalized spacial score (nSPS) is 10.8. The third-order valence-corrected chi connectivity index (χ3v) is 2.98. The van der Waals surface area contributed by atoms with Gasteiger partial charge in [-0.1, -0.05) is 38.1 Å². The highest BCUT2D eigenvalue weighted by molar-refractivity contribution is 5.61. The highest BCUT2D eigenvalue weighted by atomic mass is 16.4. The number of likely N-dealkylation sites (N-methyl/N-ethyl adjacent to an activating group) is 1. The number of aromatic nitrogens is 1. The second-order valence-electron chi connectivity index (χ2n) is 4.23. The Hall–Kier alpha value is -1.61. The van der Waals surface area contributed by atoms with Crippen molar-refractivity contribution in [2.45, 2.75) is 26.7 Å². The van der Waals surface area contributed by atoms with Crippen molar-refractivity contribution in [1.29, 1.82) is 0 Å². The summed E-state index contributed by atoms with van der Waals surface area (Å²) >= 11 is 0. The molecule has 0 aliphatic heterocycles. The second-order valence-corrected chi connectivity index (χ2v) is 4.23. The quantitative estimate of drug-likeness (QED) is 0.794. The van der Waals surface area contributed by atoms with E-state index >= 15 is 0 Å². The zero-order valence-corrected chi connectivity index (χ0v) is 11.1. The maximum absolute atomic E-state index is 5.81. The molecule has 0 aliphatic carbocycles. The molecule has 3 nitrogen and oxygen atoms in total. The van der Waals surface area contributed by atoms with Gasteiger partial charge < -0.3 is 9.73 Å². The van der Waals surface area contributed by atoms with Gasteiger partial charge in [-0.25, -0.2) is 4.98 Å². The van der Waals surface area contributed by atoms with Crippen molar-refractivity contribution < 1.29 is 4.42 Å². The molecular weight excluding hydrogens is 224 g/mol. The monoisotopic (exact) mass is 244 g/mol. The highest BCUT2D eigenvalue weighted by Gasteiger charge is 2.09. The summed E-state index contributed by atoms with van der Waals surface area (Å²) in [7, 11) is 0. The van der Waals surface area contributed by atoms with Crippen LogP contribution in [0.4, 0.5) is 0 Å². The minimum atomic E-state index is 0.803. The van der Waals surface area contributed by atoms with E-state index in [9.17, 15) is 0 Å². The van der Waals surface area contributed by atoms with Gasteiger partial charge in [-0.05, 0) is 18.5 Å². The van der Waals surface area contributed by atoms with E-state index in [-0.39, 0.29) is 0 Å². The van der Waals surface area contributed by atoms with E-state index in [0.29, 0.717) is 0 Å². The number of oxazole rings is 1. The summed E-state index contributed by atoms with van der Waals surface area (Å²) in [6, 6.07) is 8.32. The van der Waals surface area contributed by atoms with Crippen molar-refractivity contribution >= 4 is 0 Å². The Kier molecular flexibility index (Phi) is 4.53. The van der Waals surface area contributed by atoms with E-state index in [1.165, 1.54) is 5.56 Å². The van der Waals surface area contributed by atoms with Gasteiger partial charge in [0, 0.05) is 18.5 Å². The van der Waals surface area contributed by atoms with Gasteiger partial charge in [0.2, 0.25) is 0 Å². The molecule has 0 amide bonds. The summed E-state index contributed by atoms with van der Waals surface area (Å²) in [6.45, 7) is 6.14. The Balaban J connectivity index is 2.13. The Bertz CT molecular complexity index is 491. The Morgan fingerprint density at radius 1 is 1.22 bits per heavy atom. The van der Waals surface area contributed by atoms with Gasteiger partial charge in [0.15, 0.2) is 11.7 Å². The maximum atomic E-state index is 5.81. The molecule has 0 unspecified atom stereocenters. The summed E-state index contributed by atoms with van der Waals surface area (Å²) < 4.78 is 5.81. The lowest BCUT2D eigenvalue weighted by atomic mass is 10.0. The highest BCUT2D eigenvalue weighted by Crippen LogP contribution is 2.24. The average Bonchev–Trinajstić information content (AvgIpc) is 2.88. The summed E-state index contributed by atoms with van der Waals surface area (Å²) in [5.74, 6) is 1.68. The largest absolute Gasteiger partial charge is 0.441 e. The number of nitrogens with zero attached hydrogens (tertiary/aromatic N) is 1. The molecular formula is C15H20N2O. The standard InChI is InChI=1S/C15H20N2O/c1-3-12-7-5-6-8-13(12)14-11-17-15(18-14)9-10-16-4-2/h5-8,11,16H,3-4,9-10H2,1-2H3. The number of aryl methyl sites for hydroxylation is 1. The van der Waals surface area contributed by atoms with Crippen molar-refractivity contribution in [2.24, 2.45) is 0 Å². The third-order valence-electron chi connectivity index (χ3n) is 2.98. The summed E-state index contributed by atoms with van der Waals surface area (Å²) in [5.41, 5.74) is 2.45. The molecule has 0 atom stereocenters. The molecule has 1 aromatic carbocycles. The Labute approximate surface area is 108 Å². The van der Waals surface area contributed by atoms with Crippen LogP contribution in [-0.4, -0.2) is 18.1 Å². The van der Waals surface area contributed by atoms with Crippen molar-refractivity contribution in [3.63, 3.8) is 0 Å². The van der Waals surface area contributed by atoms with E-state index < -0.39 is 0 Å². The summed E-state index contributed by atoms with van der Waals surface area (Å²) in [6.07, 6.45) is 3.67. The van der Waals surface area contributed by atoms with Gasteiger partial charge in [-0.3, -0.25) is 0 Å². The van der Waals surface area contributed by atoms with E-state index in [1.54, 1.807) is 0 Å². The van der Waals surface area contributed by atoms with Crippen LogP contribution in [0.5, 0.6) is 0 Å². The minimum Gasteiger partial charge on any atom is -0.441 e. The van der Waals surface area contributed by atoms with Gasteiger partial charge in [0.05, 0.1) is 6.20 Å². The van der Waals surface area contributed by atoms with Gasteiger partial charge in [0.1, 0.15) is 0 Å². The molecule has 0 spiro atoms. The van der Waals surface area contributed by atoms with Crippen LogP contribution in [0.1, 0.15) is 25.3 Å². The lowest BCUT2D eigenvalue weighted by Gasteiger charge is -2.03. The molecule has 0 bridgehead atoms. The molecule has 96 valence electrons. The van der Waals surface area contributed by atoms with E-state index in [1.807, 2.05) is 12.3 Å². The SMILES string of the molecule is CCNCCc1ncc(-c2ccccc2CC)o1. The molecule has 0 aliphatic rings. The molecule has 2 rings (SSSR count). The van der Waals surface area contributed by atoms with Gasteiger partial charge in [0.25, 0.3) is 0 Å². The maximum Gasteiger partial charge on any atom is 0.196 e. The number of benzene rings is 1. The minimum absolute atomic E-state index is 0.803. The number of hydrogen-bond acceptors (Lipinski definition) is 3. The molecule has 1 aromatic heterocycles. The third kappa shape index (κ3) is 2.99. The van der Waals surface area contributed by atoms with Crippen LogP contribution in [0.3, 0.4) is 0 Å². The Morgan fingerprint density at radius 3 is 2.83 bits per heavy atom. The van der Waals surface area contributed by atoms with Crippen molar-refractivity contribution in [3.05, 3.63) is 41.9 Å². The molecule has 1 N–H and O–H groups in total. The van der Waals surface area contributed by atoms with Crippen LogP contribution in [0.15, 0.2) is 34.9 Å². The molecule has 0 fully saturated rings. The predicted molar refractivity (Wildman–Crippen MR) is 73.6 cm³/mol. The fourth-order valence-electron chi connectivity index (χ4n) is 1.99. The zero-order valence-electron chi connectivity index (χ0n) is 11.1. The molecule has 3 heteroatoms. The smallest absolute Gasteiger partial charge is 0.196 e. The molecule has 0 saturated carbocycles.